The van der Waals surface area contributed by atoms with E-state index in [4.69, 9.17) is 28.3 Å². The Morgan fingerprint density at radius 1 is 1.20 bits per heavy atom. The number of halogens is 5. The highest BCUT2D eigenvalue weighted by molar-refractivity contribution is 6.38. The van der Waals surface area contributed by atoms with E-state index < -0.39 is 11.7 Å². The number of carbonyl (C=O) groups is 1. The van der Waals surface area contributed by atoms with Gasteiger partial charge in [-0.15, -0.1) is 0 Å². The van der Waals surface area contributed by atoms with E-state index in [0.717, 1.165) is 31.4 Å². The smallest absolute Gasteiger partial charge is 0.396 e. The van der Waals surface area contributed by atoms with Crippen molar-refractivity contribution in [3.63, 3.8) is 0 Å². The van der Waals surface area contributed by atoms with Gasteiger partial charge in [0.25, 0.3) is 5.91 Å². The number of rotatable bonds is 5. The molecule has 188 valence electrons. The molecular weight excluding hydrogens is 502 g/mol. The zero-order chi connectivity index (χ0) is 25.5. The number of hydrogen-bond acceptors (Lipinski definition) is 3. The molecule has 1 saturated heterocycles. The van der Waals surface area contributed by atoms with Crippen molar-refractivity contribution in [3.05, 3.63) is 62.4 Å². The lowest BCUT2D eigenvalue weighted by atomic mass is 9.93. The van der Waals surface area contributed by atoms with Crippen LogP contribution in [0.4, 0.5) is 13.2 Å². The Bertz CT molecular complexity index is 1270. The number of hydrogen-bond donors (Lipinski definition) is 1. The first-order chi connectivity index (χ1) is 16.5. The first-order valence-corrected chi connectivity index (χ1v) is 12.2. The molecule has 35 heavy (non-hydrogen) atoms. The number of aliphatic hydroxyl groups is 1. The van der Waals surface area contributed by atoms with Gasteiger partial charge in [0.2, 0.25) is 0 Å². The molecule has 0 aliphatic carbocycles. The number of piperidine rings is 1. The van der Waals surface area contributed by atoms with Crippen LogP contribution in [0.2, 0.25) is 10.0 Å². The van der Waals surface area contributed by atoms with Crippen molar-refractivity contribution in [1.29, 1.82) is 0 Å². The first kappa shape index (κ1) is 25.8. The minimum Gasteiger partial charge on any atom is -0.396 e. The van der Waals surface area contributed by atoms with E-state index in [1.54, 1.807) is 35.6 Å². The van der Waals surface area contributed by atoms with Gasteiger partial charge in [-0.25, -0.2) is 4.98 Å². The zero-order valence-electron chi connectivity index (χ0n) is 19.4. The average molecular weight is 528 g/mol. The summed E-state index contributed by atoms with van der Waals surface area (Å²) < 4.78 is 41.5. The first-order valence-electron chi connectivity index (χ1n) is 11.4. The standard InChI is InChI=1S/C25H26Cl2F3N3O2/c1-14-11-16(25(28,29)30)12-20-23(14)31-21(32(20)2)13-18-19(26)4-3-17(22(18)27)24(35)33-8-5-15(6-9-33)7-10-34/h3-4,11-12,15,34H,5-10,13H2,1-2H3. The lowest BCUT2D eigenvalue weighted by Gasteiger charge is -2.32. The van der Waals surface area contributed by atoms with Gasteiger partial charge in [-0.2, -0.15) is 13.2 Å². The van der Waals surface area contributed by atoms with Crippen molar-refractivity contribution in [1.82, 2.24) is 14.5 Å². The van der Waals surface area contributed by atoms with Crippen LogP contribution in [-0.4, -0.2) is 45.2 Å². The van der Waals surface area contributed by atoms with Crippen molar-refractivity contribution in [2.45, 2.75) is 38.8 Å². The highest BCUT2D eigenvalue weighted by Crippen LogP contribution is 2.35. The van der Waals surface area contributed by atoms with E-state index in [9.17, 15) is 18.0 Å². The van der Waals surface area contributed by atoms with Crippen LogP contribution in [0.3, 0.4) is 0 Å². The van der Waals surface area contributed by atoms with Gasteiger partial charge in [0.05, 0.1) is 27.2 Å². The molecule has 10 heteroatoms. The number of aryl methyl sites for hydroxylation is 2. The number of aromatic nitrogens is 2. The van der Waals surface area contributed by atoms with Crippen LogP contribution in [0.15, 0.2) is 24.3 Å². The van der Waals surface area contributed by atoms with Crippen molar-refractivity contribution >= 4 is 40.1 Å². The van der Waals surface area contributed by atoms with Gasteiger partial charge in [0.15, 0.2) is 0 Å². The van der Waals surface area contributed by atoms with Crippen LogP contribution in [0.25, 0.3) is 11.0 Å². The fourth-order valence-electron chi connectivity index (χ4n) is 4.69. The molecule has 0 atom stereocenters. The van der Waals surface area contributed by atoms with Crippen molar-refractivity contribution < 1.29 is 23.1 Å². The monoisotopic (exact) mass is 527 g/mol. The van der Waals surface area contributed by atoms with Gasteiger partial charge < -0.3 is 14.6 Å². The third kappa shape index (κ3) is 5.15. The van der Waals surface area contributed by atoms with Crippen molar-refractivity contribution in [3.8, 4) is 0 Å². The van der Waals surface area contributed by atoms with E-state index in [1.807, 2.05) is 0 Å². The lowest BCUT2D eigenvalue weighted by molar-refractivity contribution is -0.137. The fraction of sp³-hybridized carbons (Fsp3) is 0.440. The zero-order valence-corrected chi connectivity index (χ0v) is 20.9. The molecule has 0 spiro atoms. The maximum absolute atomic E-state index is 13.3. The normalized spacial score (nSPS) is 15.3. The summed E-state index contributed by atoms with van der Waals surface area (Å²) in [6, 6.07) is 5.39. The summed E-state index contributed by atoms with van der Waals surface area (Å²) in [7, 11) is 1.65. The van der Waals surface area contributed by atoms with E-state index in [-0.39, 0.29) is 24.0 Å². The van der Waals surface area contributed by atoms with Crippen LogP contribution in [0, 0.1) is 12.8 Å². The number of imidazole rings is 1. The van der Waals surface area contributed by atoms with Crippen LogP contribution < -0.4 is 0 Å². The summed E-state index contributed by atoms with van der Waals surface area (Å²) in [5.41, 5.74) is 1.35. The third-order valence-corrected chi connectivity index (χ3v) is 7.57. The Kier molecular flexibility index (Phi) is 7.36. The Labute approximate surface area is 211 Å². The van der Waals surface area contributed by atoms with Gasteiger partial charge >= 0.3 is 6.18 Å². The Morgan fingerprint density at radius 3 is 2.51 bits per heavy atom. The largest absolute Gasteiger partial charge is 0.416 e. The predicted octanol–water partition coefficient (Wildman–Crippen LogP) is 6.03. The number of carbonyl (C=O) groups excluding carboxylic acids is 1. The van der Waals surface area contributed by atoms with Gasteiger partial charge in [0, 0.05) is 38.2 Å². The Morgan fingerprint density at radius 2 is 1.89 bits per heavy atom. The minimum atomic E-state index is -4.46. The maximum atomic E-state index is 13.3. The molecule has 1 aromatic heterocycles. The molecule has 0 unspecified atom stereocenters. The fourth-order valence-corrected chi connectivity index (χ4v) is 5.27. The molecule has 0 bridgehead atoms. The van der Waals surface area contributed by atoms with E-state index in [1.165, 1.54) is 0 Å². The van der Waals surface area contributed by atoms with Gasteiger partial charge in [-0.05, 0) is 67.5 Å². The lowest BCUT2D eigenvalue weighted by Crippen LogP contribution is -2.38. The molecule has 3 aromatic rings. The van der Waals surface area contributed by atoms with Crippen molar-refractivity contribution in [2.24, 2.45) is 13.0 Å². The minimum absolute atomic E-state index is 0.143. The van der Waals surface area contributed by atoms with E-state index in [2.05, 4.69) is 4.98 Å². The van der Waals surface area contributed by atoms with Crippen LogP contribution in [0.5, 0.6) is 0 Å². The number of benzene rings is 2. The molecule has 5 nitrogen and oxygen atoms in total. The molecule has 2 heterocycles. The second-order valence-corrected chi connectivity index (χ2v) is 9.84. The number of amides is 1. The van der Waals surface area contributed by atoms with Gasteiger partial charge in [0.1, 0.15) is 5.82 Å². The Hall–Kier alpha value is -2.29. The summed E-state index contributed by atoms with van der Waals surface area (Å²) in [4.78, 5) is 19.5. The van der Waals surface area contributed by atoms with Gasteiger partial charge in [-0.1, -0.05) is 23.2 Å². The average Bonchev–Trinajstić information content (AvgIpc) is 3.12. The quantitative estimate of drug-likeness (QED) is 0.440. The molecule has 4 rings (SSSR count). The van der Waals surface area contributed by atoms with Gasteiger partial charge in [-0.3, -0.25) is 4.79 Å². The van der Waals surface area contributed by atoms with Crippen molar-refractivity contribution in [2.75, 3.05) is 19.7 Å². The third-order valence-electron chi connectivity index (χ3n) is 6.79. The Balaban J connectivity index is 1.64. The molecule has 0 saturated carbocycles. The summed E-state index contributed by atoms with van der Waals surface area (Å²) in [5.74, 6) is 0.700. The predicted molar refractivity (Wildman–Crippen MR) is 130 cm³/mol. The number of alkyl halides is 3. The molecule has 1 fully saturated rings. The van der Waals surface area contributed by atoms with Crippen LogP contribution in [0.1, 0.15) is 52.1 Å². The molecule has 1 aliphatic heterocycles. The molecule has 2 aromatic carbocycles. The second kappa shape index (κ2) is 9.99. The summed E-state index contributed by atoms with van der Waals surface area (Å²) >= 11 is 13.1. The topological polar surface area (TPSA) is 58.4 Å². The number of aliphatic hydroxyl groups excluding tert-OH is 1. The molecule has 1 amide bonds. The summed E-state index contributed by atoms with van der Waals surface area (Å²) in [6.07, 6.45) is -1.93. The SMILES string of the molecule is Cc1cc(C(F)(F)F)cc2c1nc(Cc1c(Cl)ccc(C(=O)N3CCC(CCO)CC3)c1Cl)n2C. The van der Waals surface area contributed by atoms with E-state index in [0.29, 0.717) is 57.6 Å². The van der Waals surface area contributed by atoms with Crippen LogP contribution in [-0.2, 0) is 19.6 Å². The summed E-state index contributed by atoms with van der Waals surface area (Å²) in [6.45, 7) is 2.91. The molecule has 1 N–H and O–H groups in total. The molecule has 0 radical (unpaired) electrons. The number of fused-ring (bicyclic) bond motifs is 1. The second-order valence-electron chi connectivity index (χ2n) is 9.06. The summed E-state index contributed by atoms with van der Waals surface area (Å²) in [5, 5.41) is 9.72. The number of likely N-dealkylation sites (tertiary alicyclic amines) is 1. The van der Waals surface area contributed by atoms with Crippen LogP contribution >= 0.6 is 23.2 Å². The highest BCUT2D eigenvalue weighted by Gasteiger charge is 2.32. The number of nitrogens with zero attached hydrogens (tertiary/aromatic N) is 3. The maximum Gasteiger partial charge on any atom is 0.416 e. The molecular formula is C25H26Cl2F3N3O2. The molecule has 1 aliphatic rings. The highest BCUT2D eigenvalue weighted by atomic mass is 35.5. The van der Waals surface area contributed by atoms with E-state index >= 15 is 0 Å².